The average molecular weight is 372 g/mol. The second-order valence-electron chi connectivity index (χ2n) is 5.51. The van der Waals surface area contributed by atoms with E-state index < -0.39 is 5.97 Å². The van der Waals surface area contributed by atoms with E-state index in [4.69, 9.17) is 4.74 Å². The van der Waals surface area contributed by atoms with Crippen molar-refractivity contribution in [3.63, 3.8) is 0 Å². The van der Waals surface area contributed by atoms with E-state index >= 15 is 0 Å². The zero-order valence-corrected chi connectivity index (χ0v) is 14.6. The molecule has 2 heterocycles. The quantitative estimate of drug-likeness (QED) is 0.590. The number of carbonyl (C=O) groups excluding carboxylic acids is 4. The van der Waals surface area contributed by atoms with E-state index in [0.29, 0.717) is 16.0 Å². The van der Waals surface area contributed by atoms with Gasteiger partial charge in [0.2, 0.25) is 0 Å². The van der Waals surface area contributed by atoms with Gasteiger partial charge in [0, 0.05) is 6.54 Å². The van der Waals surface area contributed by atoms with Crippen LogP contribution in [0.5, 0.6) is 0 Å². The number of ether oxygens (including phenoxy) is 1. The number of imide groups is 1. The monoisotopic (exact) mass is 372 g/mol. The van der Waals surface area contributed by atoms with Crippen LogP contribution in [0, 0.1) is 0 Å². The Balaban J connectivity index is 1.39. The van der Waals surface area contributed by atoms with E-state index in [1.165, 1.54) is 11.3 Å². The van der Waals surface area contributed by atoms with E-state index in [0.717, 1.165) is 4.90 Å². The summed E-state index contributed by atoms with van der Waals surface area (Å²) >= 11 is 1.32. The highest BCUT2D eigenvalue weighted by Crippen LogP contribution is 2.21. The molecule has 7 nitrogen and oxygen atoms in total. The fourth-order valence-electron chi connectivity index (χ4n) is 2.54. The summed E-state index contributed by atoms with van der Waals surface area (Å²) in [7, 11) is 0. The minimum atomic E-state index is -0.506. The first-order chi connectivity index (χ1) is 12.6. The number of nitrogens with zero attached hydrogens (tertiary/aromatic N) is 1. The molecule has 0 spiro atoms. The van der Waals surface area contributed by atoms with Gasteiger partial charge in [0.15, 0.2) is 0 Å². The molecule has 2 aromatic rings. The molecule has 1 aromatic heterocycles. The van der Waals surface area contributed by atoms with Crippen LogP contribution in [0.3, 0.4) is 0 Å². The lowest BCUT2D eigenvalue weighted by molar-refractivity contribution is -0.143. The molecule has 0 radical (unpaired) electrons. The molecule has 0 bridgehead atoms. The van der Waals surface area contributed by atoms with Crippen LogP contribution < -0.4 is 5.32 Å². The van der Waals surface area contributed by atoms with Crippen LogP contribution in [0.25, 0.3) is 0 Å². The van der Waals surface area contributed by atoms with Gasteiger partial charge in [-0.2, -0.15) is 0 Å². The predicted octanol–water partition coefficient (Wildman–Crippen LogP) is 1.71. The fourth-order valence-corrected chi connectivity index (χ4v) is 3.18. The summed E-state index contributed by atoms with van der Waals surface area (Å²) in [5.41, 5.74) is 0.722. The van der Waals surface area contributed by atoms with Gasteiger partial charge in [-0.15, -0.1) is 11.3 Å². The van der Waals surface area contributed by atoms with Crippen molar-refractivity contribution in [3.05, 3.63) is 57.8 Å². The number of hydrogen-bond acceptors (Lipinski definition) is 6. The van der Waals surface area contributed by atoms with Crippen LogP contribution in [-0.2, 0) is 9.53 Å². The first-order valence-electron chi connectivity index (χ1n) is 8.00. The third-order valence-corrected chi connectivity index (χ3v) is 4.68. The van der Waals surface area contributed by atoms with E-state index in [1.54, 1.807) is 41.8 Å². The van der Waals surface area contributed by atoms with Gasteiger partial charge in [-0.25, -0.2) is 0 Å². The maximum atomic E-state index is 12.2. The third kappa shape index (κ3) is 3.80. The van der Waals surface area contributed by atoms with E-state index in [1.807, 2.05) is 0 Å². The number of nitrogens with one attached hydrogen (secondary N) is 1. The lowest BCUT2D eigenvalue weighted by atomic mass is 10.1. The molecule has 1 aliphatic heterocycles. The first kappa shape index (κ1) is 17.8. The van der Waals surface area contributed by atoms with E-state index in [2.05, 4.69) is 5.32 Å². The zero-order chi connectivity index (χ0) is 18.5. The molecule has 0 aliphatic carbocycles. The first-order valence-corrected chi connectivity index (χ1v) is 8.88. The van der Waals surface area contributed by atoms with E-state index in [-0.39, 0.29) is 43.8 Å². The average Bonchev–Trinajstić information content (AvgIpc) is 3.25. The molecule has 0 fully saturated rings. The summed E-state index contributed by atoms with van der Waals surface area (Å²) in [4.78, 5) is 49.4. The Morgan fingerprint density at radius 3 is 2.35 bits per heavy atom. The summed E-state index contributed by atoms with van der Waals surface area (Å²) < 4.78 is 5.04. The van der Waals surface area contributed by atoms with Gasteiger partial charge in [-0.1, -0.05) is 18.2 Å². The van der Waals surface area contributed by atoms with Crippen LogP contribution in [0.15, 0.2) is 41.8 Å². The van der Waals surface area contributed by atoms with Crippen LogP contribution in [0.1, 0.15) is 36.8 Å². The molecule has 0 saturated heterocycles. The molecule has 3 amide bonds. The number of carbonyl (C=O) groups is 4. The minimum absolute atomic E-state index is 0.000356. The van der Waals surface area contributed by atoms with Crippen molar-refractivity contribution in [2.75, 3.05) is 19.7 Å². The number of rotatable bonds is 7. The van der Waals surface area contributed by atoms with Gasteiger partial charge in [0.25, 0.3) is 17.7 Å². The highest BCUT2D eigenvalue weighted by atomic mass is 32.1. The molecule has 0 atom stereocenters. The summed E-state index contributed by atoms with van der Waals surface area (Å²) in [6.45, 7) is 0.0748. The van der Waals surface area contributed by atoms with Crippen LogP contribution in [-0.4, -0.2) is 48.3 Å². The SMILES string of the molecule is O=C(CCNC(=O)c1cccs1)OCCN1C(=O)c2ccccc2C1=O. The molecule has 3 rings (SSSR count). The van der Waals surface area contributed by atoms with Crippen molar-refractivity contribution in [3.8, 4) is 0 Å². The van der Waals surface area contributed by atoms with E-state index in [9.17, 15) is 19.2 Å². The molecular weight excluding hydrogens is 356 g/mol. The summed E-state index contributed by atoms with van der Waals surface area (Å²) in [5, 5.41) is 4.42. The maximum absolute atomic E-state index is 12.2. The van der Waals surface area contributed by atoms with Crippen LogP contribution in [0.4, 0.5) is 0 Å². The summed E-state index contributed by atoms with van der Waals surface area (Å²) in [6, 6.07) is 10.0. The Kier molecular flexibility index (Phi) is 5.43. The van der Waals surface area contributed by atoms with Gasteiger partial charge in [0.1, 0.15) is 6.61 Å². The van der Waals surface area contributed by atoms with Gasteiger partial charge in [-0.05, 0) is 23.6 Å². The molecule has 0 unspecified atom stereocenters. The molecule has 1 N–H and O–H groups in total. The predicted molar refractivity (Wildman–Crippen MR) is 94.0 cm³/mol. The number of hydrogen-bond donors (Lipinski definition) is 1. The Bertz CT molecular complexity index is 812. The van der Waals surface area contributed by atoms with Crippen LogP contribution in [0.2, 0.25) is 0 Å². The molecule has 1 aliphatic rings. The zero-order valence-electron chi connectivity index (χ0n) is 13.8. The number of thiophene rings is 1. The van der Waals surface area contributed by atoms with Gasteiger partial charge >= 0.3 is 5.97 Å². The lowest BCUT2D eigenvalue weighted by Crippen LogP contribution is -2.33. The lowest BCUT2D eigenvalue weighted by Gasteiger charge is -2.13. The largest absolute Gasteiger partial charge is 0.464 e. The summed E-state index contributed by atoms with van der Waals surface area (Å²) in [6.07, 6.45) is 0.0131. The Morgan fingerprint density at radius 1 is 1.04 bits per heavy atom. The third-order valence-electron chi connectivity index (χ3n) is 3.82. The molecule has 8 heteroatoms. The Morgan fingerprint density at radius 2 is 1.73 bits per heavy atom. The number of amides is 3. The normalized spacial score (nSPS) is 12.8. The van der Waals surface area contributed by atoms with Crippen molar-refractivity contribution in [1.29, 1.82) is 0 Å². The van der Waals surface area contributed by atoms with Gasteiger partial charge < -0.3 is 10.1 Å². The fraction of sp³-hybridized carbons (Fsp3) is 0.222. The van der Waals surface area contributed by atoms with Gasteiger partial charge in [-0.3, -0.25) is 24.1 Å². The van der Waals surface area contributed by atoms with Crippen LogP contribution >= 0.6 is 11.3 Å². The van der Waals surface area contributed by atoms with Crippen molar-refractivity contribution < 1.29 is 23.9 Å². The molecule has 134 valence electrons. The second kappa shape index (κ2) is 7.92. The van der Waals surface area contributed by atoms with Crippen molar-refractivity contribution in [2.45, 2.75) is 6.42 Å². The molecule has 26 heavy (non-hydrogen) atoms. The second-order valence-corrected chi connectivity index (χ2v) is 6.46. The Hall–Kier alpha value is -3.00. The maximum Gasteiger partial charge on any atom is 0.307 e. The summed E-state index contributed by atoms with van der Waals surface area (Å²) in [5.74, 6) is -1.51. The number of fused-ring (bicyclic) bond motifs is 1. The topological polar surface area (TPSA) is 92.8 Å². The van der Waals surface area contributed by atoms with Gasteiger partial charge in [0.05, 0.1) is 29.0 Å². The van der Waals surface area contributed by atoms with Crippen molar-refractivity contribution >= 4 is 35.0 Å². The highest BCUT2D eigenvalue weighted by Gasteiger charge is 2.34. The Labute approximate surface area is 153 Å². The molecule has 0 saturated carbocycles. The molecular formula is C18H16N2O5S. The molecule has 1 aromatic carbocycles. The minimum Gasteiger partial charge on any atom is -0.464 e. The number of benzene rings is 1. The van der Waals surface area contributed by atoms with Crippen molar-refractivity contribution in [2.24, 2.45) is 0 Å². The van der Waals surface area contributed by atoms with Crippen molar-refractivity contribution in [1.82, 2.24) is 10.2 Å². The highest BCUT2D eigenvalue weighted by molar-refractivity contribution is 7.12. The smallest absolute Gasteiger partial charge is 0.307 e. The standard InChI is InChI=1S/C18H16N2O5S/c21-15(7-8-19-16(22)14-6-3-11-26-14)25-10-9-20-17(23)12-4-1-2-5-13(12)18(20)24/h1-6,11H,7-10H2,(H,19,22). The number of esters is 1.